The van der Waals surface area contributed by atoms with Crippen LogP contribution in [0.3, 0.4) is 0 Å². The third-order valence-electron chi connectivity index (χ3n) is 2.36. The molecule has 104 valence electrons. The predicted molar refractivity (Wildman–Crippen MR) is 72.7 cm³/mol. The molecule has 0 unspecified atom stereocenters. The van der Waals surface area contributed by atoms with Gasteiger partial charge in [-0.05, 0) is 20.8 Å². The summed E-state index contributed by atoms with van der Waals surface area (Å²) in [6.45, 7) is 6.07. The molecule has 0 aliphatic carbocycles. The standard InChI is InChI=1S/C12H16ClN3O3/c1-12(2,3)19-11(17)16-4-5-18-9-7(13)6-8(14)15-10(9)16/h6H,4-5H2,1-3H3,(H2,14,15). The largest absolute Gasteiger partial charge is 0.486 e. The van der Waals surface area contributed by atoms with E-state index in [0.29, 0.717) is 29.7 Å². The molecule has 0 atom stereocenters. The van der Waals surface area contributed by atoms with Gasteiger partial charge in [-0.3, -0.25) is 4.90 Å². The smallest absolute Gasteiger partial charge is 0.416 e. The van der Waals surface area contributed by atoms with Crippen LogP contribution in [0.4, 0.5) is 16.4 Å². The van der Waals surface area contributed by atoms with Gasteiger partial charge in [0.25, 0.3) is 0 Å². The minimum Gasteiger partial charge on any atom is -0.486 e. The van der Waals surface area contributed by atoms with Gasteiger partial charge in [-0.25, -0.2) is 9.78 Å². The second-order valence-corrected chi connectivity index (χ2v) is 5.57. The number of fused-ring (bicyclic) bond motifs is 1. The van der Waals surface area contributed by atoms with E-state index < -0.39 is 11.7 Å². The van der Waals surface area contributed by atoms with Crippen LogP contribution in [0.25, 0.3) is 0 Å². The molecule has 2 heterocycles. The molecule has 0 saturated carbocycles. The summed E-state index contributed by atoms with van der Waals surface area (Å²) in [5.41, 5.74) is 5.06. The second kappa shape index (κ2) is 4.77. The summed E-state index contributed by atoms with van der Waals surface area (Å²) in [6.07, 6.45) is -0.494. The van der Waals surface area contributed by atoms with Gasteiger partial charge in [-0.15, -0.1) is 0 Å². The molecule has 1 aliphatic rings. The van der Waals surface area contributed by atoms with Gasteiger partial charge >= 0.3 is 6.09 Å². The maximum Gasteiger partial charge on any atom is 0.416 e. The SMILES string of the molecule is CC(C)(C)OC(=O)N1CCOc2c(Cl)cc(N)nc21. The summed E-state index contributed by atoms with van der Waals surface area (Å²) in [6, 6.07) is 1.49. The number of carbonyl (C=O) groups excluding carboxylic acids is 1. The fraction of sp³-hybridized carbons (Fsp3) is 0.500. The molecule has 0 fully saturated rings. The van der Waals surface area contributed by atoms with Gasteiger partial charge in [0.05, 0.1) is 11.6 Å². The third-order valence-corrected chi connectivity index (χ3v) is 2.64. The zero-order valence-electron chi connectivity index (χ0n) is 11.1. The Morgan fingerprint density at radius 3 is 2.89 bits per heavy atom. The van der Waals surface area contributed by atoms with Crippen LogP contribution in [0.5, 0.6) is 5.75 Å². The van der Waals surface area contributed by atoms with Gasteiger partial charge in [0.1, 0.15) is 18.0 Å². The van der Waals surface area contributed by atoms with Crippen LogP contribution >= 0.6 is 11.6 Å². The van der Waals surface area contributed by atoms with Gasteiger partial charge in [-0.1, -0.05) is 11.6 Å². The van der Waals surface area contributed by atoms with Crippen LogP contribution < -0.4 is 15.4 Å². The number of nitrogens with zero attached hydrogens (tertiary/aromatic N) is 2. The van der Waals surface area contributed by atoms with E-state index in [0.717, 1.165) is 0 Å². The summed E-state index contributed by atoms with van der Waals surface area (Å²) >= 11 is 6.03. The van der Waals surface area contributed by atoms with Gasteiger partial charge in [0.15, 0.2) is 11.6 Å². The molecule has 19 heavy (non-hydrogen) atoms. The van der Waals surface area contributed by atoms with E-state index in [4.69, 9.17) is 26.8 Å². The van der Waals surface area contributed by atoms with E-state index in [2.05, 4.69) is 4.98 Å². The number of halogens is 1. The minimum atomic E-state index is -0.584. The molecule has 1 aromatic rings. The third kappa shape index (κ3) is 3.01. The molecule has 0 radical (unpaired) electrons. The van der Waals surface area contributed by atoms with Crippen molar-refractivity contribution in [3.05, 3.63) is 11.1 Å². The maximum atomic E-state index is 12.1. The highest BCUT2D eigenvalue weighted by molar-refractivity contribution is 6.32. The number of nitrogen functional groups attached to an aromatic ring is 1. The molecule has 1 aromatic heterocycles. The molecule has 1 aliphatic heterocycles. The second-order valence-electron chi connectivity index (χ2n) is 5.16. The number of amides is 1. The van der Waals surface area contributed by atoms with Crippen LogP contribution in [0, 0.1) is 0 Å². The summed E-state index contributed by atoms with van der Waals surface area (Å²) < 4.78 is 10.7. The number of hydrogen-bond acceptors (Lipinski definition) is 5. The van der Waals surface area contributed by atoms with E-state index in [1.54, 1.807) is 20.8 Å². The number of ether oxygens (including phenoxy) is 2. The molecule has 6 nitrogen and oxygen atoms in total. The molecule has 0 aromatic carbocycles. The summed E-state index contributed by atoms with van der Waals surface area (Å²) in [7, 11) is 0. The first-order chi connectivity index (χ1) is 8.78. The fourth-order valence-electron chi connectivity index (χ4n) is 1.66. The van der Waals surface area contributed by atoms with Crippen LogP contribution in [0.2, 0.25) is 5.02 Å². The fourth-order valence-corrected chi connectivity index (χ4v) is 1.91. The molecule has 1 amide bonds. The van der Waals surface area contributed by atoms with Crippen molar-refractivity contribution in [2.45, 2.75) is 26.4 Å². The first-order valence-electron chi connectivity index (χ1n) is 5.87. The molecular formula is C12H16ClN3O3. The van der Waals surface area contributed by atoms with Gasteiger partial charge < -0.3 is 15.2 Å². The van der Waals surface area contributed by atoms with E-state index in [9.17, 15) is 4.79 Å². The van der Waals surface area contributed by atoms with Crippen LogP contribution in [0.1, 0.15) is 20.8 Å². The van der Waals surface area contributed by atoms with Crippen molar-refractivity contribution in [2.24, 2.45) is 0 Å². The Bertz CT molecular complexity index is 514. The van der Waals surface area contributed by atoms with Crippen LogP contribution in [-0.4, -0.2) is 29.8 Å². The first kappa shape index (κ1) is 13.7. The normalized spacial score (nSPS) is 14.6. The first-order valence-corrected chi connectivity index (χ1v) is 6.25. The number of anilines is 2. The molecule has 0 saturated heterocycles. The number of rotatable bonds is 0. The zero-order chi connectivity index (χ0) is 14.2. The number of carbonyl (C=O) groups is 1. The molecule has 0 spiro atoms. The number of pyridine rings is 1. The van der Waals surface area contributed by atoms with E-state index >= 15 is 0 Å². The monoisotopic (exact) mass is 285 g/mol. The Morgan fingerprint density at radius 1 is 1.58 bits per heavy atom. The van der Waals surface area contributed by atoms with Crippen molar-refractivity contribution in [3.8, 4) is 5.75 Å². The van der Waals surface area contributed by atoms with Crippen molar-refractivity contribution in [1.82, 2.24) is 4.98 Å². The van der Waals surface area contributed by atoms with E-state index in [-0.39, 0.29) is 5.82 Å². The Kier molecular flexibility index (Phi) is 3.45. The Hall–Kier alpha value is -1.69. The lowest BCUT2D eigenvalue weighted by molar-refractivity contribution is 0.0566. The average Bonchev–Trinajstić information content (AvgIpc) is 2.25. The quantitative estimate of drug-likeness (QED) is 0.792. The molecule has 7 heteroatoms. The minimum absolute atomic E-state index is 0.225. The lowest BCUT2D eigenvalue weighted by Gasteiger charge is -2.31. The van der Waals surface area contributed by atoms with Crippen molar-refractivity contribution in [2.75, 3.05) is 23.8 Å². The molecular weight excluding hydrogens is 270 g/mol. The summed E-state index contributed by atoms with van der Waals surface area (Å²) in [5.74, 6) is 0.876. The maximum absolute atomic E-state index is 12.1. The molecule has 2 N–H and O–H groups in total. The predicted octanol–water partition coefficient (Wildman–Crippen LogP) is 2.45. The Labute approximate surface area is 116 Å². The lowest BCUT2D eigenvalue weighted by Crippen LogP contribution is -2.42. The molecule has 0 bridgehead atoms. The van der Waals surface area contributed by atoms with Crippen molar-refractivity contribution in [1.29, 1.82) is 0 Å². The Balaban J connectivity index is 2.34. The highest BCUT2D eigenvalue weighted by atomic mass is 35.5. The lowest BCUT2D eigenvalue weighted by atomic mass is 10.2. The average molecular weight is 286 g/mol. The highest BCUT2D eigenvalue weighted by Crippen LogP contribution is 2.38. The summed E-state index contributed by atoms with van der Waals surface area (Å²) in [5, 5.41) is 0.329. The van der Waals surface area contributed by atoms with Gasteiger partial charge in [0, 0.05) is 6.07 Å². The van der Waals surface area contributed by atoms with E-state index in [1.165, 1.54) is 11.0 Å². The van der Waals surface area contributed by atoms with Crippen LogP contribution in [0.15, 0.2) is 6.07 Å². The Morgan fingerprint density at radius 2 is 2.26 bits per heavy atom. The molecule has 2 rings (SSSR count). The van der Waals surface area contributed by atoms with Crippen molar-refractivity contribution >= 4 is 29.3 Å². The number of aromatic nitrogens is 1. The van der Waals surface area contributed by atoms with E-state index in [1.807, 2.05) is 0 Å². The highest BCUT2D eigenvalue weighted by Gasteiger charge is 2.31. The number of nitrogens with two attached hydrogens (primary N) is 1. The van der Waals surface area contributed by atoms with Crippen molar-refractivity contribution < 1.29 is 14.3 Å². The van der Waals surface area contributed by atoms with Crippen LogP contribution in [-0.2, 0) is 4.74 Å². The van der Waals surface area contributed by atoms with Gasteiger partial charge in [0.2, 0.25) is 0 Å². The summed E-state index contributed by atoms with van der Waals surface area (Å²) in [4.78, 5) is 17.6. The van der Waals surface area contributed by atoms with Crippen molar-refractivity contribution in [3.63, 3.8) is 0 Å². The van der Waals surface area contributed by atoms with Gasteiger partial charge in [-0.2, -0.15) is 0 Å². The number of hydrogen-bond donors (Lipinski definition) is 1. The topological polar surface area (TPSA) is 77.7 Å². The zero-order valence-corrected chi connectivity index (χ0v) is 11.8.